The molecule has 0 amide bonds. The van der Waals surface area contributed by atoms with Crippen molar-refractivity contribution in [1.82, 2.24) is 4.90 Å². The van der Waals surface area contributed by atoms with E-state index < -0.39 is 5.41 Å². The third-order valence-corrected chi connectivity index (χ3v) is 3.49. The highest BCUT2D eigenvalue weighted by molar-refractivity contribution is 5.85. The number of benzene rings is 1. The van der Waals surface area contributed by atoms with Crippen molar-refractivity contribution in [2.45, 2.75) is 26.8 Å². The van der Waals surface area contributed by atoms with Gasteiger partial charge in [0.2, 0.25) is 0 Å². The van der Waals surface area contributed by atoms with Gasteiger partial charge in [-0.15, -0.1) is 12.4 Å². The Kier molecular flexibility index (Phi) is 9.26. The third-order valence-electron chi connectivity index (χ3n) is 3.49. The maximum Gasteiger partial charge on any atom is 0.311 e. The molecule has 0 bridgehead atoms. The SMILES string of the molecule is COC(=O)C(C)(C)CCN(CCN)Cc1ccccc1.Cl. The minimum absolute atomic E-state index is 0. The number of halogens is 1. The molecule has 0 aliphatic heterocycles. The van der Waals surface area contributed by atoms with Crippen LogP contribution < -0.4 is 5.73 Å². The molecule has 21 heavy (non-hydrogen) atoms. The summed E-state index contributed by atoms with van der Waals surface area (Å²) in [5.41, 5.74) is 6.48. The molecule has 0 aromatic heterocycles. The summed E-state index contributed by atoms with van der Waals surface area (Å²) in [7, 11) is 1.44. The maximum atomic E-state index is 11.7. The van der Waals surface area contributed by atoms with Crippen molar-refractivity contribution in [1.29, 1.82) is 0 Å². The van der Waals surface area contributed by atoms with Crippen LogP contribution in [0.3, 0.4) is 0 Å². The van der Waals surface area contributed by atoms with Gasteiger partial charge in [0, 0.05) is 19.6 Å². The molecule has 0 atom stereocenters. The highest BCUT2D eigenvalue weighted by Gasteiger charge is 2.28. The predicted molar refractivity (Wildman–Crippen MR) is 88.4 cm³/mol. The first-order valence-corrected chi connectivity index (χ1v) is 7.04. The summed E-state index contributed by atoms with van der Waals surface area (Å²) in [5, 5.41) is 0. The molecule has 0 heterocycles. The lowest BCUT2D eigenvalue weighted by Gasteiger charge is -2.27. The van der Waals surface area contributed by atoms with Crippen LogP contribution in [0.25, 0.3) is 0 Å². The smallest absolute Gasteiger partial charge is 0.311 e. The van der Waals surface area contributed by atoms with Gasteiger partial charge in [-0.3, -0.25) is 9.69 Å². The third kappa shape index (κ3) is 6.93. The first-order chi connectivity index (χ1) is 9.49. The van der Waals surface area contributed by atoms with Crippen LogP contribution in [0, 0.1) is 5.41 Å². The minimum atomic E-state index is -0.460. The number of hydrogen-bond acceptors (Lipinski definition) is 4. The second kappa shape index (κ2) is 9.77. The zero-order chi connectivity index (χ0) is 15.0. The van der Waals surface area contributed by atoms with E-state index in [9.17, 15) is 4.79 Å². The summed E-state index contributed by atoms with van der Waals surface area (Å²) in [6.07, 6.45) is 0.756. The van der Waals surface area contributed by atoms with Gasteiger partial charge in [0.25, 0.3) is 0 Å². The Balaban J connectivity index is 0.00000400. The van der Waals surface area contributed by atoms with Gasteiger partial charge in [-0.25, -0.2) is 0 Å². The molecule has 0 aliphatic carbocycles. The van der Waals surface area contributed by atoms with E-state index in [0.717, 1.165) is 26.1 Å². The molecular formula is C16H27ClN2O2. The number of rotatable bonds is 8. The zero-order valence-electron chi connectivity index (χ0n) is 13.2. The molecule has 120 valence electrons. The van der Waals surface area contributed by atoms with Crippen LogP contribution in [0.15, 0.2) is 30.3 Å². The first kappa shape index (κ1) is 19.9. The Hall–Kier alpha value is -1.10. The molecular weight excluding hydrogens is 288 g/mol. The molecule has 0 fully saturated rings. The second-order valence-corrected chi connectivity index (χ2v) is 5.68. The fraction of sp³-hybridized carbons (Fsp3) is 0.562. The number of carbonyl (C=O) groups excluding carboxylic acids is 1. The highest BCUT2D eigenvalue weighted by Crippen LogP contribution is 2.22. The molecule has 5 heteroatoms. The molecule has 1 aromatic carbocycles. The van der Waals surface area contributed by atoms with Crippen LogP contribution >= 0.6 is 12.4 Å². The van der Waals surface area contributed by atoms with Gasteiger partial charge in [0.05, 0.1) is 12.5 Å². The maximum absolute atomic E-state index is 11.7. The quantitative estimate of drug-likeness (QED) is 0.749. The number of carbonyl (C=O) groups is 1. The molecule has 0 radical (unpaired) electrons. The molecule has 2 N–H and O–H groups in total. The summed E-state index contributed by atoms with van der Waals surface area (Å²) in [6, 6.07) is 10.3. The van der Waals surface area contributed by atoms with Crippen molar-refractivity contribution in [2.75, 3.05) is 26.7 Å². The Labute approximate surface area is 134 Å². The van der Waals surface area contributed by atoms with Crippen molar-refractivity contribution in [3.63, 3.8) is 0 Å². The lowest BCUT2D eigenvalue weighted by molar-refractivity contribution is -0.151. The summed E-state index contributed by atoms with van der Waals surface area (Å²) < 4.78 is 4.84. The van der Waals surface area contributed by atoms with E-state index in [1.165, 1.54) is 12.7 Å². The van der Waals surface area contributed by atoms with Crippen molar-refractivity contribution in [2.24, 2.45) is 11.1 Å². The number of methoxy groups -OCH3 is 1. The predicted octanol–water partition coefficient (Wildman–Crippen LogP) is 2.46. The molecule has 0 saturated heterocycles. The monoisotopic (exact) mass is 314 g/mol. The van der Waals surface area contributed by atoms with Crippen molar-refractivity contribution in [3.8, 4) is 0 Å². The summed E-state index contributed by atoms with van der Waals surface area (Å²) in [6.45, 7) is 6.96. The highest BCUT2D eigenvalue weighted by atomic mass is 35.5. The van der Waals surface area contributed by atoms with Gasteiger partial charge in [-0.2, -0.15) is 0 Å². The minimum Gasteiger partial charge on any atom is -0.469 e. The van der Waals surface area contributed by atoms with Crippen LogP contribution in [-0.4, -0.2) is 37.6 Å². The van der Waals surface area contributed by atoms with E-state index in [1.807, 2.05) is 32.0 Å². The second-order valence-electron chi connectivity index (χ2n) is 5.68. The lowest BCUT2D eigenvalue weighted by Crippen LogP contribution is -2.35. The van der Waals surface area contributed by atoms with Crippen molar-refractivity contribution in [3.05, 3.63) is 35.9 Å². The molecule has 0 aliphatic rings. The number of nitrogens with two attached hydrogens (primary N) is 1. The van der Waals surface area contributed by atoms with E-state index in [4.69, 9.17) is 10.5 Å². The van der Waals surface area contributed by atoms with Gasteiger partial charge in [-0.05, 0) is 32.4 Å². The van der Waals surface area contributed by atoms with Gasteiger partial charge >= 0.3 is 5.97 Å². The fourth-order valence-corrected chi connectivity index (χ4v) is 2.11. The van der Waals surface area contributed by atoms with Crippen LogP contribution in [0.2, 0.25) is 0 Å². The Morgan fingerprint density at radius 1 is 1.24 bits per heavy atom. The lowest BCUT2D eigenvalue weighted by atomic mass is 9.89. The van der Waals surface area contributed by atoms with E-state index in [-0.39, 0.29) is 18.4 Å². The number of ether oxygens (including phenoxy) is 1. The standard InChI is InChI=1S/C16H26N2O2.ClH/c1-16(2,15(19)20-3)9-11-18(12-10-17)13-14-7-5-4-6-8-14;/h4-8H,9-13,17H2,1-3H3;1H. The summed E-state index contributed by atoms with van der Waals surface area (Å²) in [5.74, 6) is -0.162. The fourth-order valence-electron chi connectivity index (χ4n) is 2.11. The Bertz CT molecular complexity index is 410. The van der Waals surface area contributed by atoms with E-state index >= 15 is 0 Å². The van der Waals surface area contributed by atoms with Gasteiger partial charge < -0.3 is 10.5 Å². The Morgan fingerprint density at radius 3 is 2.38 bits per heavy atom. The van der Waals surface area contributed by atoms with Crippen LogP contribution in [0.5, 0.6) is 0 Å². The summed E-state index contributed by atoms with van der Waals surface area (Å²) >= 11 is 0. The van der Waals surface area contributed by atoms with Gasteiger partial charge in [-0.1, -0.05) is 30.3 Å². The molecule has 1 aromatic rings. The Morgan fingerprint density at radius 2 is 1.86 bits per heavy atom. The van der Waals surface area contributed by atoms with Crippen molar-refractivity contribution < 1.29 is 9.53 Å². The number of esters is 1. The molecule has 0 saturated carbocycles. The largest absolute Gasteiger partial charge is 0.469 e. The van der Waals surface area contributed by atoms with E-state index in [0.29, 0.717) is 6.54 Å². The molecule has 0 unspecified atom stereocenters. The van der Waals surface area contributed by atoms with E-state index in [1.54, 1.807) is 0 Å². The first-order valence-electron chi connectivity index (χ1n) is 7.04. The average molecular weight is 315 g/mol. The van der Waals surface area contributed by atoms with Gasteiger partial charge in [0.15, 0.2) is 0 Å². The van der Waals surface area contributed by atoms with Crippen LogP contribution in [0.1, 0.15) is 25.8 Å². The molecule has 0 spiro atoms. The average Bonchev–Trinajstić information content (AvgIpc) is 2.45. The van der Waals surface area contributed by atoms with Crippen LogP contribution in [-0.2, 0) is 16.1 Å². The summed E-state index contributed by atoms with van der Waals surface area (Å²) in [4.78, 5) is 14.0. The normalized spacial score (nSPS) is 11.1. The zero-order valence-corrected chi connectivity index (χ0v) is 14.0. The molecule has 4 nitrogen and oxygen atoms in total. The number of nitrogens with zero attached hydrogens (tertiary/aromatic N) is 1. The number of hydrogen-bond donors (Lipinski definition) is 1. The van der Waals surface area contributed by atoms with Crippen LogP contribution in [0.4, 0.5) is 0 Å². The molecule has 1 rings (SSSR count). The van der Waals surface area contributed by atoms with E-state index in [2.05, 4.69) is 17.0 Å². The van der Waals surface area contributed by atoms with Gasteiger partial charge in [0.1, 0.15) is 0 Å². The van der Waals surface area contributed by atoms with Crippen molar-refractivity contribution >= 4 is 18.4 Å². The topological polar surface area (TPSA) is 55.6 Å².